The number of aromatic amines is 1. The highest BCUT2D eigenvalue weighted by atomic mass is 16.1. The molecule has 1 saturated heterocycles. The molecule has 1 atom stereocenters. The van der Waals surface area contributed by atoms with E-state index in [1.807, 2.05) is 12.3 Å². The molecule has 0 aromatic carbocycles. The normalized spacial score (nSPS) is 21.4. The van der Waals surface area contributed by atoms with Crippen LogP contribution in [0.4, 0.5) is 0 Å². The van der Waals surface area contributed by atoms with Crippen LogP contribution >= 0.6 is 0 Å². The molecule has 0 radical (unpaired) electrons. The zero-order chi connectivity index (χ0) is 11.4. The lowest BCUT2D eigenvalue weighted by Gasteiger charge is -2.24. The molecule has 1 aromatic heterocycles. The lowest BCUT2D eigenvalue weighted by Crippen LogP contribution is -2.24. The molecular formula is C13H20N2O. The van der Waals surface area contributed by atoms with Crippen molar-refractivity contribution in [2.45, 2.75) is 38.6 Å². The summed E-state index contributed by atoms with van der Waals surface area (Å²) in [7, 11) is 0. The average Bonchev–Trinajstić information content (AvgIpc) is 2.75. The molecule has 1 N–H and O–H groups in total. The molecule has 1 aliphatic rings. The van der Waals surface area contributed by atoms with Gasteiger partial charge in [0.2, 0.25) is 5.56 Å². The third kappa shape index (κ3) is 2.53. The summed E-state index contributed by atoms with van der Waals surface area (Å²) in [5, 5.41) is 0. The van der Waals surface area contributed by atoms with Crippen LogP contribution in [0.2, 0.25) is 0 Å². The van der Waals surface area contributed by atoms with Gasteiger partial charge in [0.25, 0.3) is 0 Å². The second-order valence-electron chi connectivity index (χ2n) is 4.53. The second kappa shape index (κ2) is 5.30. The summed E-state index contributed by atoms with van der Waals surface area (Å²) in [5.74, 6) is 0. The molecule has 0 spiro atoms. The highest BCUT2D eigenvalue weighted by Crippen LogP contribution is 2.31. The van der Waals surface area contributed by atoms with Gasteiger partial charge in [0.05, 0.1) is 0 Å². The van der Waals surface area contributed by atoms with Gasteiger partial charge < -0.3 is 4.98 Å². The van der Waals surface area contributed by atoms with Gasteiger partial charge >= 0.3 is 0 Å². The first-order valence-corrected chi connectivity index (χ1v) is 6.24. The summed E-state index contributed by atoms with van der Waals surface area (Å²) < 4.78 is 0. The van der Waals surface area contributed by atoms with E-state index in [1.165, 1.54) is 44.3 Å². The summed E-state index contributed by atoms with van der Waals surface area (Å²) >= 11 is 0. The zero-order valence-corrected chi connectivity index (χ0v) is 9.91. The van der Waals surface area contributed by atoms with Crippen molar-refractivity contribution in [1.29, 1.82) is 0 Å². The number of rotatable bonds is 4. The van der Waals surface area contributed by atoms with Gasteiger partial charge in [-0.25, -0.2) is 0 Å². The predicted octanol–water partition coefficient (Wildman–Crippen LogP) is 2.31. The number of aromatic nitrogens is 1. The first kappa shape index (κ1) is 11.4. The van der Waals surface area contributed by atoms with Crippen LogP contribution in [0.15, 0.2) is 23.1 Å². The Balaban J connectivity index is 2.07. The van der Waals surface area contributed by atoms with Crippen LogP contribution in [0, 0.1) is 0 Å². The van der Waals surface area contributed by atoms with Crippen molar-refractivity contribution < 1.29 is 0 Å². The Morgan fingerprint density at radius 2 is 2.38 bits per heavy atom. The predicted molar refractivity (Wildman–Crippen MR) is 65.5 cm³/mol. The van der Waals surface area contributed by atoms with Gasteiger partial charge in [-0.05, 0) is 37.9 Å². The molecular weight excluding hydrogens is 200 g/mol. The molecule has 88 valence electrons. The van der Waals surface area contributed by atoms with Crippen LogP contribution in [-0.4, -0.2) is 23.0 Å². The summed E-state index contributed by atoms with van der Waals surface area (Å²) in [6.45, 7) is 4.61. The number of unbranched alkanes of at least 4 members (excludes halogenated alkanes) is 1. The molecule has 16 heavy (non-hydrogen) atoms. The van der Waals surface area contributed by atoms with Gasteiger partial charge in [0.1, 0.15) is 0 Å². The zero-order valence-electron chi connectivity index (χ0n) is 9.91. The van der Waals surface area contributed by atoms with E-state index in [0.29, 0.717) is 6.04 Å². The van der Waals surface area contributed by atoms with Crippen molar-refractivity contribution in [2.75, 3.05) is 13.1 Å². The van der Waals surface area contributed by atoms with Gasteiger partial charge in [-0.2, -0.15) is 0 Å². The van der Waals surface area contributed by atoms with Crippen LogP contribution in [0.25, 0.3) is 0 Å². The van der Waals surface area contributed by atoms with Crippen LogP contribution in [0.1, 0.15) is 44.2 Å². The maximum Gasteiger partial charge on any atom is 0.247 e. The molecule has 0 unspecified atom stereocenters. The van der Waals surface area contributed by atoms with E-state index in [1.54, 1.807) is 6.07 Å². The van der Waals surface area contributed by atoms with Crippen molar-refractivity contribution in [3.8, 4) is 0 Å². The van der Waals surface area contributed by atoms with Crippen molar-refractivity contribution >= 4 is 0 Å². The second-order valence-corrected chi connectivity index (χ2v) is 4.53. The minimum Gasteiger partial charge on any atom is -0.329 e. The maximum atomic E-state index is 11.0. The molecule has 3 nitrogen and oxygen atoms in total. The third-order valence-corrected chi connectivity index (χ3v) is 3.36. The Morgan fingerprint density at radius 1 is 1.50 bits per heavy atom. The Kier molecular flexibility index (Phi) is 3.78. The number of H-pyrrole nitrogens is 1. The minimum atomic E-state index is -0.0122. The summed E-state index contributed by atoms with van der Waals surface area (Å²) in [6.07, 6.45) is 6.87. The minimum absolute atomic E-state index is 0.0122. The number of likely N-dealkylation sites (tertiary alicyclic amines) is 1. The fourth-order valence-electron chi connectivity index (χ4n) is 2.46. The molecule has 0 aliphatic carbocycles. The smallest absolute Gasteiger partial charge is 0.247 e. The van der Waals surface area contributed by atoms with E-state index < -0.39 is 0 Å². The van der Waals surface area contributed by atoms with Gasteiger partial charge in [-0.1, -0.05) is 19.4 Å². The van der Waals surface area contributed by atoms with E-state index in [2.05, 4.69) is 16.8 Å². The van der Waals surface area contributed by atoms with Crippen LogP contribution < -0.4 is 5.56 Å². The lowest BCUT2D eigenvalue weighted by molar-refractivity contribution is 0.253. The van der Waals surface area contributed by atoms with Crippen LogP contribution in [0.3, 0.4) is 0 Å². The lowest BCUT2D eigenvalue weighted by atomic mass is 10.1. The van der Waals surface area contributed by atoms with Gasteiger partial charge in [-0.15, -0.1) is 0 Å². The highest BCUT2D eigenvalue weighted by molar-refractivity contribution is 5.15. The van der Waals surface area contributed by atoms with E-state index in [-0.39, 0.29) is 5.56 Å². The molecule has 0 amide bonds. The fourth-order valence-corrected chi connectivity index (χ4v) is 2.46. The van der Waals surface area contributed by atoms with E-state index in [0.717, 1.165) is 0 Å². The monoisotopic (exact) mass is 220 g/mol. The van der Waals surface area contributed by atoms with Gasteiger partial charge in [0.15, 0.2) is 0 Å². The Hall–Kier alpha value is -1.09. The summed E-state index contributed by atoms with van der Waals surface area (Å²) in [6, 6.07) is 4.11. The standard InChI is InChI=1S/C13H20N2O/c1-2-3-8-15-9-4-5-12(15)11-6-7-13(16)14-10-11/h6-7,10,12H,2-5,8-9H2,1H3,(H,14,16)/t12-/m0/s1. The number of hydrogen-bond acceptors (Lipinski definition) is 2. The molecule has 0 saturated carbocycles. The van der Waals surface area contributed by atoms with Gasteiger partial charge in [-0.3, -0.25) is 9.69 Å². The van der Waals surface area contributed by atoms with E-state index >= 15 is 0 Å². The first-order valence-electron chi connectivity index (χ1n) is 6.24. The number of pyridine rings is 1. The Morgan fingerprint density at radius 3 is 3.06 bits per heavy atom. The molecule has 2 heterocycles. The van der Waals surface area contributed by atoms with Crippen LogP contribution in [0.5, 0.6) is 0 Å². The molecule has 1 aliphatic heterocycles. The number of nitrogens with one attached hydrogen (secondary N) is 1. The highest BCUT2D eigenvalue weighted by Gasteiger charge is 2.25. The van der Waals surface area contributed by atoms with Crippen molar-refractivity contribution in [3.05, 3.63) is 34.2 Å². The van der Waals surface area contributed by atoms with Crippen molar-refractivity contribution in [2.24, 2.45) is 0 Å². The molecule has 2 rings (SSSR count). The third-order valence-electron chi connectivity index (χ3n) is 3.36. The fraction of sp³-hybridized carbons (Fsp3) is 0.615. The molecule has 1 fully saturated rings. The summed E-state index contributed by atoms with van der Waals surface area (Å²) in [5.41, 5.74) is 1.25. The Bertz CT molecular complexity index is 365. The Labute approximate surface area is 96.5 Å². The summed E-state index contributed by atoms with van der Waals surface area (Å²) in [4.78, 5) is 16.3. The van der Waals surface area contributed by atoms with Crippen LogP contribution in [-0.2, 0) is 0 Å². The van der Waals surface area contributed by atoms with E-state index in [4.69, 9.17) is 0 Å². The van der Waals surface area contributed by atoms with Gasteiger partial charge in [0, 0.05) is 18.3 Å². The largest absolute Gasteiger partial charge is 0.329 e. The number of hydrogen-bond donors (Lipinski definition) is 1. The number of nitrogens with zero attached hydrogens (tertiary/aromatic N) is 1. The maximum absolute atomic E-state index is 11.0. The average molecular weight is 220 g/mol. The first-order chi connectivity index (χ1) is 7.81. The molecule has 0 bridgehead atoms. The molecule has 3 heteroatoms. The van der Waals surface area contributed by atoms with Crippen molar-refractivity contribution in [1.82, 2.24) is 9.88 Å². The SMILES string of the molecule is CCCCN1CCC[C@H]1c1ccc(=O)[nH]c1. The van der Waals surface area contributed by atoms with E-state index in [9.17, 15) is 4.79 Å². The van der Waals surface area contributed by atoms with Crippen molar-refractivity contribution in [3.63, 3.8) is 0 Å². The molecule has 1 aromatic rings. The topological polar surface area (TPSA) is 36.1 Å². The quantitative estimate of drug-likeness (QED) is 0.845.